The Kier molecular flexibility index (Phi) is 5.13. The van der Waals surface area contributed by atoms with E-state index in [-0.39, 0.29) is 32.0 Å². The van der Waals surface area contributed by atoms with Crippen LogP contribution in [0.5, 0.6) is 5.95 Å². The van der Waals surface area contributed by atoms with Crippen LogP contribution < -0.4 is 16.0 Å². The number of benzene rings is 1. The molecule has 1 fully saturated rings. The first-order valence-electron chi connectivity index (χ1n) is 8.00. The Morgan fingerprint density at radius 3 is 2.56 bits per heavy atom. The second-order valence-corrected chi connectivity index (χ2v) is 5.82. The number of carbonyl (C=O) groups is 1. The summed E-state index contributed by atoms with van der Waals surface area (Å²) in [6.07, 6.45) is 0. The molecule has 2 aromatic rings. The maximum atomic E-state index is 14.7. The van der Waals surface area contributed by atoms with E-state index in [1.807, 2.05) is 0 Å². The highest BCUT2D eigenvalue weighted by Crippen LogP contribution is 2.31. The molecular formula is C16H16F3N3O5. The smallest absolute Gasteiger partial charge is 0.427 e. The zero-order valence-corrected chi connectivity index (χ0v) is 14.2. The Morgan fingerprint density at radius 2 is 1.93 bits per heavy atom. The number of rotatable bonds is 4. The summed E-state index contributed by atoms with van der Waals surface area (Å²) in [5.74, 6) is -6.73. The number of morpholine rings is 1. The van der Waals surface area contributed by atoms with Crippen LogP contribution in [-0.4, -0.2) is 41.9 Å². The number of aromatic hydroxyl groups is 1. The third-order valence-electron chi connectivity index (χ3n) is 4.07. The molecule has 0 aliphatic carbocycles. The largest absolute Gasteiger partial charge is 0.479 e. The van der Waals surface area contributed by atoms with Crippen molar-refractivity contribution in [2.75, 3.05) is 31.2 Å². The van der Waals surface area contributed by atoms with Gasteiger partial charge < -0.3 is 24.5 Å². The molecule has 2 heterocycles. The van der Waals surface area contributed by atoms with Crippen molar-refractivity contribution in [2.24, 2.45) is 0 Å². The number of amides is 1. The molecule has 0 unspecified atom stereocenters. The van der Waals surface area contributed by atoms with Crippen molar-refractivity contribution in [3.63, 3.8) is 0 Å². The minimum atomic E-state index is -1.50. The summed E-state index contributed by atoms with van der Waals surface area (Å²) >= 11 is 0. The van der Waals surface area contributed by atoms with E-state index in [0.29, 0.717) is 10.6 Å². The molecule has 27 heavy (non-hydrogen) atoms. The van der Waals surface area contributed by atoms with Crippen LogP contribution >= 0.6 is 0 Å². The lowest BCUT2D eigenvalue weighted by molar-refractivity contribution is -0.119. The highest BCUT2D eigenvalue weighted by Gasteiger charge is 2.28. The van der Waals surface area contributed by atoms with Crippen LogP contribution in [0.15, 0.2) is 15.3 Å². The van der Waals surface area contributed by atoms with Gasteiger partial charge in [0, 0.05) is 26.1 Å². The summed E-state index contributed by atoms with van der Waals surface area (Å²) in [6.45, 7) is 1.58. The van der Waals surface area contributed by atoms with Crippen LogP contribution in [-0.2, 0) is 16.1 Å². The van der Waals surface area contributed by atoms with Crippen molar-refractivity contribution in [2.45, 2.75) is 13.5 Å². The van der Waals surface area contributed by atoms with Gasteiger partial charge in [-0.05, 0) is 0 Å². The minimum absolute atomic E-state index is 0.173. The van der Waals surface area contributed by atoms with Gasteiger partial charge in [-0.25, -0.2) is 22.5 Å². The number of hydrogen-bond acceptors (Lipinski definition) is 6. The fourth-order valence-corrected chi connectivity index (χ4v) is 2.81. The first-order valence-corrected chi connectivity index (χ1v) is 8.00. The lowest BCUT2D eigenvalue weighted by Gasteiger charge is -2.29. The summed E-state index contributed by atoms with van der Waals surface area (Å²) < 4.78 is 53.9. The number of hydrogen-bond donors (Lipinski definition) is 2. The fourth-order valence-electron chi connectivity index (χ4n) is 2.81. The quantitative estimate of drug-likeness (QED) is 0.761. The predicted octanol–water partition coefficient (Wildman–Crippen LogP) is 1.03. The van der Waals surface area contributed by atoms with Crippen molar-refractivity contribution in [1.29, 1.82) is 0 Å². The summed E-state index contributed by atoms with van der Waals surface area (Å²) in [4.78, 5) is 24.3. The second kappa shape index (κ2) is 7.35. The van der Waals surface area contributed by atoms with Crippen LogP contribution in [0.1, 0.15) is 12.6 Å². The number of ether oxygens (including phenoxy) is 1. The first-order chi connectivity index (χ1) is 12.8. The molecule has 146 valence electrons. The van der Waals surface area contributed by atoms with E-state index >= 15 is 0 Å². The standard InChI is InChI=1S/C16H16F3N3O5/c1-8(23)20-7-11-15(24)27-16(25)22(11)10-6-9(17)14(13(19)12(10)18)21-2-4-26-5-3-21/h6,24H,2-5,7H2,1H3,(H,20,23). The van der Waals surface area contributed by atoms with Crippen molar-refractivity contribution < 1.29 is 32.2 Å². The van der Waals surface area contributed by atoms with Gasteiger partial charge in [0.25, 0.3) is 0 Å². The van der Waals surface area contributed by atoms with E-state index in [1.54, 1.807) is 0 Å². The molecule has 1 aromatic heterocycles. The second-order valence-electron chi connectivity index (χ2n) is 5.82. The van der Waals surface area contributed by atoms with Crippen LogP contribution in [0, 0.1) is 17.5 Å². The highest BCUT2D eigenvalue weighted by molar-refractivity contribution is 5.72. The molecule has 0 spiro atoms. The molecule has 0 saturated carbocycles. The van der Waals surface area contributed by atoms with E-state index in [4.69, 9.17) is 4.74 Å². The topological polar surface area (TPSA) is 96.9 Å². The van der Waals surface area contributed by atoms with Crippen molar-refractivity contribution in [3.05, 3.63) is 39.8 Å². The maximum Gasteiger partial charge on any atom is 0.427 e. The molecular weight excluding hydrogens is 371 g/mol. The van der Waals surface area contributed by atoms with Gasteiger partial charge in [-0.2, -0.15) is 0 Å². The molecule has 2 N–H and O–H groups in total. The SMILES string of the molecule is CC(=O)NCc1c(O)oc(=O)n1-c1cc(F)c(N2CCOCC2)c(F)c1F. The van der Waals surface area contributed by atoms with E-state index in [0.717, 1.165) is 0 Å². The lowest BCUT2D eigenvalue weighted by atomic mass is 10.2. The first kappa shape index (κ1) is 18.8. The van der Waals surface area contributed by atoms with Crippen LogP contribution in [0.25, 0.3) is 5.69 Å². The number of aromatic nitrogens is 1. The average molecular weight is 387 g/mol. The van der Waals surface area contributed by atoms with Gasteiger partial charge in [-0.15, -0.1) is 0 Å². The monoisotopic (exact) mass is 387 g/mol. The molecule has 1 aliphatic rings. The van der Waals surface area contributed by atoms with Crippen LogP contribution in [0.2, 0.25) is 0 Å². The Labute approximate surface area is 150 Å². The normalized spacial score (nSPS) is 14.4. The number of nitrogens with zero attached hydrogens (tertiary/aromatic N) is 2. The van der Waals surface area contributed by atoms with Crippen molar-refractivity contribution >= 4 is 11.6 Å². The molecule has 1 amide bonds. The van der Waals surface area contributed by atoms with Crippen LogP contribution in [0.3, 0.4) is 0 Å². The molecule has 0 bridgehead atoms. The molecule has 8 nitrogen and oxygen atoms in total. The van der Waals surface area contributed by atoms with Gasteiger partial charge in [0.1, 0.15) is 11.4 Å². The molecule has 1 aromatic carbocycles. The van der Waals surface area contributed by atoms with E-state index in [2.05, 4.69) is 9.73 Å². The molecule has 0 radical (unpaired) electrons. The van der Waals surface area contributed by atoms with Crippen molar-refractivity contribution in [1.82, 2.24) is 9.88 Å². The molecule has 11 heteroatoms. The molecule has 0 atom stereocenters. The highest BCUT2D eigenvalue weighted by atomic mass is 19.2. The summed E-state index contributed by atoms with van der Waals surface area (Å²) in [7, 11) is 0. The number of nitrogens with one attached hydrogen (secondary N) is 1. The van der Waals surface area contributed by atoms with Gasteiger partial charge in [0.05, 0.1) is 25.4 Å². The van der Waals surface area contributed by atoms with Gasteiger partial charge in [0.15, 0.2) is 17.5 Å². The van der Waals surface area contributed by atoms with E-state index in [1.165, 1.54) is 11.8 Å². The fraction of sp³-hybridized carbons (Fsp3) is 0.375. The number of oxazole rings is 1. The Morgan fingerprint density at radius 1 is 1.26 bits per heavy atom. The Balaban J connectivity index is 2.11. The number of halogens is 3. The maximum absolute atomic E-state index is 14.7. The third kappa shape index (κ3) is 3.50. The van der Waals surface area contributed by atoms with E-state index in [9.17, 15) is 27.9 Å². The third-order valence-corrected chi connectivity index (χ3v) is 4.07. The number of anilines is 1. The van der Waals surface area contributed by atoms with Gasteiger partial charge in [-0.1, -0.05) is 0 Å². The predicted molar refractivity (Wildman–Crippen MR) is 86.4 cm³/mol. The van der Waals surface area contributed by atoms with E-state index < -0.39 is 53.0 Å². The molecule has 3 rings (SSSR count). The lowest BCUT2D eigenvalue weighted by Crippen LogP contribution is -2.37. The average Bonchev–Trinajstić information content (AvgIpc) is 2.90. The number of carbonyl (C=O) groups excluding carboxylic acids is 1. The van der Waals surface area contributed by atoms with Gasteiger partial charge in [-0.3, -0.25) is 4.79 Å². The summed E-state index contributed by atoms with van der Waals surface area (Å²) in [5, 5.41) is 12.0. The minimum Gasteiger partial charge on any atom is -0.479 e. The van der Waals surface area contributed by atoms with Crippen LogP contribution in [0.4, 0.5) is 18.9 Å². The van der Waals surface area contributed by atoms with Gasteiger partial charge in [0.2, 0.25) is 5.91 Å². The molecule has 1 aliphatic heterocycles. The Hall–Kier alpha value is -2.95. The summed E-state index contributed by atoms with van der Waals surface area (Å²) in [6, 6.07) is 0.636. The Bertz CT molecular complexity index is 934. The zero-order chi connectivity index (χ0) is 19.7. The van der Waals surface area contributed by atoms with Crippen molar-refractivity contribution in [3.8, 4) is 11.6 Å². The van der Waals surface area contributed by atoms with Gasteiger partial charge >= 0.3 is 11.7 Å². The molecule has 1 saturated heterocycles. The zero-order valence-electron chi connectivity index (χ0n) is 14.2. The summed E-state index contributed by atoms with van der Waals surface area (Å²) in [5.41, 5.74) is -1.70.